The Hall–Kier alpha value is -3.26. The molecule has 1 aliphatic carbocycles. The smallest absolute Gasteiger partial charge is 0.328 e. The fraction of sp³-hybridized carbons (Fsp3) is 0.500. The van der Waals surface area contributed by atoms with Crippen LogP contribution in [0.1, 0.15) is 62.3 Å². The van der Waals surface area contributed by atoms with Crippen LogP contribution in [0.4, 0.5) is 13.6 Å². The van der Waals surface area contributed by atoms with Crippen LogP contribution in [-0.4, -0.2) is 54.4 Å². The van der Waals surface area contributed by atoms with Crippen LogP contribution in [0, 0.1) is 24.5 Å². The summed E-state index contributed by atoms with van der Waals surface area (Å²) in [5.41, 5.74) is 2.23. The molecule has 214 valence electrons. The van der Waals surface area contributed by atoms with E-state index in [2.05, 4.69) is 0 Å². The molecule has 0 N–H and O–H groups in total. The molecule has 8 heteroatoms. The summed E-state index contributed by atoms with van der Waals surface area (Å²) >= 11 is 0. The molecule has 40 heavy (non-hydrogen) atoms. The molecule has 1 saturated carbocycles. The molecule has 1 aliphatic heterocycles. The molecule has 0 atom stereocenters. The Kier molecular flexibility index (Phi) is 8.26. The number of benzene rings is 2. The zero-order valence-electron chi connectivity index (χ0n) is 23.6. The van der Waals surface area contributed by atoms with Gasteiger partial charge < -0.3 is 14.4 Å². The number of halogens is 2. The quantitative estimate of drug-likeness (QED) is 0.326. The van der Waals surface area contributed by atoms with Crippen molar-refractivity contribution in [1.82, 2.24) is 9.47 Å². The minimum atomic E-state index is -0.954. The van der Waals surface area contributed by atoms with Gasteiger partial charge in [-0.15, -0.1) is 0 Å². The normalized spacial score (nSPS) is 21.0. The van der Waals surface area contributed by atoms with Crippen molar-refractivity contribution in [2.24, 2.45) is 5.92 Å². The van der Waals surface area contributed by atoms with Gasteiger partial charge in [-0.05, 0) is 106 Å². The van der Waals surface area contributed by atoms with Gasteiger partial charge in [0.1, 0.15) is 11.6 Å². The lowest BCUT2D eigenvalue weighted by Crippen LogP contribution is -2.50. The van der Waals surface area contributed by atoms with Gasteiger partial charge in [0.2, 0.25) is 0 Å². The van der Waals surface area contributed by atoms with Gasteiger partial charge in [0.05, 0.1) is 24.1 Å². The second-order valence-electron chi connectivity index (χ2n) is 11.2. The molecule has 0 radical (unpaired) electrons. The summed E-state index contributed by atoms with van der Waals surface area (Å²) in [5.74, 6) is -0.669. The van der Waals surface area contributed by atoms with Crippen LogP contribution >= 0.6 is 0 Å². The molecule has 2 aromatic carbocycles. The Morgan fingerprint density at radius 2 is 1.62 bits per heavy atom. The fourth-order valence-corrected chi connectivity index (χ4v) is 6.78. The lowest BCUT2D eigenvalue weighted by atomic mass is 9.72. The standard InChI is InChI=1S/C32H38F2N2O4/c1-4-40-26-12-5-22(6-13-26)19-28-21(2)36(29-20-25(34)11-14-27(28)29)31(38)35-17-15-32(16-18-35,30(37)39-3)23-7-9-24(33)10-8-23/h7-11,14,20,22,26H,4-6,12-13,15-19H2,1-3H3. The van der Waals surface area contributed by atoms with Gasteiger partial charge in [-0.25, -0.2) is 13.6 Å². The van der Waals surface area contributed by atoms with Gasteiger partial charge in [-0.3, -0.25) is 9.36 Å². The maximum Gasteiger partial charge on any atom is 0.328 e. The van der Waals surface area contributed by atoms with E-state index in [0.717, 1.165) is 55.4 Å². The minimum Gasteiger partial charge on any atom is -0.468 e. The molecule has 2 heterocycles. The first-order valence-corrected chi connectivity index (χ1v) is 14.3. The highest BCUT2D eigenvalue weighted by Crippen LogP contribution is 2.39. The van der Waals surface area contributed by atoms with Crippen molar-refractivity contribution in [3.8, 4) is 0 Å². The number of carbonyl (C=O) groups is 2. The number of carbonyl (C=O) groups excluding carboxylic acids is 2. The average Bonchev–Trinajstić information content (AvgIpc) is 3.23. The van der Waals surface area contributed by atoms with Gasteiger partial charge in [0, 0.05) is 30.8 Å². The molecule has 5 rings (SSSR count). The maximum absolute atomic E-state index is 14.5. The first kappa shape index (κ1) is 28.3. The zero-order chi connectivity index (χ0) is 28.4. The predicted molar refractivity (Wildman–Crippen MR) is 149 cm³/mol. The number of likely N-dealkylation sites (tertiary alicyclic amines) is 1. The SMILES string of the molecule is CCOC1CCC(Cc2c(C)n(C(=O)N3CCC(C(=O)OC)(c4ccc(F)cc4)CC3)c3cc(F)ccc23)CC1. The first-order chi connectivity index (χ1) is 19.3. The molecule has 1 amide bonds. The number of ether oxygens (including phenoxy) is 2. The van der Waals surface area contributed by atoms with Crippen LogP contribution in [-0.2, 0) is 26.1 Å². The second kappa shape index (κ2) is 11.7. The Morgan fingerprint density at radius 3 is 2.25 bits per heavy atom. The number of methoxy groups -OCH3 is 1. The van der Waals surface area contributed by atoms with Gasteiger partial charge in [-0.2, -0.15) is 0 Å². The van der Waals surface area contributed by atoms with Crippen LogP contribution in [0.25, 0.3) is 10.9 Å². The van der Waals surface area contributed by atoms with Crippen LogP contribution in [0.5, 0.6) is 0 Å². The van der Waals surface area contributed by atoms with Crippen molar-refractivity contribution in [3.05, 3.63) is 70.9 Å². The second-order valence-corrected chi connectivity index (χ2v) is 11.2. The average molecular weight is 553 g/mol. The van der Waals surface area contributed by atoms with Gasteiger partial charge >= 0.3 is 12.0 Å². The summed E-state index contributed by atoms with van der Waals surface area (Å²) < 4.78 is 40.7. The lowest BCUT2D eigenvalue weighted by Gasteiger charge is -2.40. The van der Waals surface area contributed by atoms with Crippen molar-refractivity contribution in [2.75, 3.05) is 26.8 Å². The van der Waals surface area contributed by atoms with E-state index in [1.54, 1.807) is 27.7 Å². The largest absolute Gasteiger partial charge is 0.468 e. The van der Waals surface area contributed by atoms with E-state index in [0.29, 0.717) is 49.0 Å². The van der Waals surface area contributed by atoms with E-state index in [-0.39, 0.29) is 17.7 Å². The number of amides is 1. The van der Waals surface area contributed by atoms with Crippen molar-refractivity contribution in [3.63, 3.8) is 0 Å². The zero-order valence-corrected chi connectivity index (χ0v) is 23.6. The lowest BCUT2D eigenvalue weighted by molar-refractivity contribution is -0.149. The van der Waals surface area contributed by atoms with E-state index < -0.39 is 11.4 Å². The van der Waals surface area contributed by atoms with Gasteiger partial charge in [0.15, 0.2) is 0 Å². The Bertz CT molecular complexity index is 1370. The summed E-state index contributed by atoms with van der Waals surface area (Å²) in [6.45, 7) is 5.34. The van der Waals surface area contributed by atoms with E-state index in [1.807, 2.05) is 13.8 Å². The minimum absolute atomic E-state index is 0.225. The number of piperidine rings is 1. The molecule has 2 fully saturated rings. The molecule has 0 spiro atoms. The van der Waals surface area contributed by atoms with Crippen LogP contribution in [0.15, 0.2) is 42.5 Å². The third kappa shape index (κ3) is 5.26. The van der Waals surface area contributed by atoms with Crippen LogP contribution in [0.3, 0.4) is 0 Å². The number of aromatic nitrogens is 1. The van der Waals surface area contributed by atoms with E-state index in [1.165, 1.54) is 31.4 Å². The third-order valence-corrected chi connectivity index (χ3v) is 9.04. The Labute approximate surface area is 234 Å². The number of esters is 1. The summed E-state index contributed by atoms with van der Waals surface area (Å²) in [5, 5.41) is 0.909. The van der Waals surface area contributed by atoms with Crippen molar-refractivity contribution < 1.29 is 27.8 Å². The van der Waals surface area contributed by atoms with E-state index in [4.69, 9.17) is 9.47 Å². The topological polar surface area (TPSA) is 60.8 Å². The highest BCUT2D eigenvalue weighted by molar-refractivity contribution is 5.95. The molecule has 1 saturated heterocycles. The van der Waals surface area contributed by atoms with Gasteiger partial charge in [-0.1, -0.05) is 12.1 Å². The molecule has 1 aromatic heterocycles. The van der Waals surface area contributed by atoms with Crippen LogP contribution in [0.2, 0.25) is 0 Å². The van der Waals surface area contributed by atoms with Crippen molar-refractivity contribution in [1.29, 1.82) is 0 Å². The van der Waals surface area contributed by atoms with Crippen molar-refractivity contribution in [2.45, 2.75) is 70.3 Å². The maximum atomic E-state index is 14.5. The summed E-state index contributed by atoms with van der Waals surface area (Å²) in [6.07, 6.45) is 6.06. The summed E-state index contributed by atoms with van der Waals surface area (Å²) in [6, 6.07) is 10.4. The number of hydrogen-bond acceptors (Lipinski definition) is 4. The molecule has 3 aromatic rings. The number of hydrogen-bond donors (Lipinski definition) is 0. The molecular weight excluding hydrogens is 514 g/mol. The number of nitrogens with zero attached hydrogens (tertiary/aromatic N) is 2. The monoisotopic (exact) mass is 552 g/mol. The van der Waals surface area contributed by atoms with Crippen LogP contribution < -0.4 is 0 Å². The Balaban J connectivity index is 1.40. The third-order valence-electron chi connectivity index (χ3n) is 9.04. The molecule has 0 unspecified atom stereocenters. The molecule has 2 aliphatic rings. The van der Waals surface area contributed by atoms with Crippen molar-refractivity contribution >= 4 is 22.9 Å². The van der Waals surface area contributed by atoms with E-state index in [9.17, 15) is 18.4 Å². The highest BCUT2D eigenvalue weighted by Gasteiger charge is 2.45. The van der Waals surface area contributed by atoms with Gasteiger partial charge in [0.25, 0.3) is 0 Å². The highest BCUT2D eigenvalue weighted by atomic mass is 19.1. The Morgan fingerprint density at radius 1 is 0.975 bits per heavy atom. The summed E-state index contributed by atoms with van der Waals surface area (Å²) in [4.78, 5) is 28.7. The molecule has 6 nitrogen and oxygen atoms in total. The first-order valence-electron chi connectivity index (χ1n) is 14.3. The predicted octanol–water partition coefficient (Wildman–Crippen LogP) is 6.54. The summed E-state index contributed by atoms with van der Waals surface area (Å²) in [7, 11) is 1.35. The molecular formula is C32H38F2N2O4. The number of rotatable bonds is 6. The molecule has 0 bridgehead atoms. The van der Waals surface area contributed by atoms with E-state index >= 15 is 0 Å². The number of fused-ring (bicyclic) bond motifs is 1. The fourth-order valence-electron chi connectivity index (χ4n) is 6.78.